The van der Waals surface area contributed by atoms with Crippen LogP contribution >= 0.6 is 0 Å². The second kappa shape index (κ2) is 8.25. The summed E-state index contributed by atoms with van der Waals surface area (Å²) in [5.74, 6) is -0.179. The maximum Gasteiger partial charge on any atom is 0.240 e. The summed E-state index contributed by atoms with van der Waals surface area (Å²) >= 11 is 0. The Kier molecular flexibility index (Phi) is 6.33. The molecule has 1 aromatic rings. The number of benzene rings is 1. The summed E-state index contributed by atoms with van der Waals surface area (Å²) in [4.78, 5) is 25.6. The van der Waals surface area contributed by atoms with E-state index in [1.807, 2.05) is 0 Å². The molecular formula is C16H23N3O4S. The molecule has 1 aromatic carbocycles. The first kappa shape index (κ1) is 18.4. The SMILES string of the molecule is CNS(=O)(=O)c1ccc(CNC(=O)CN2CCCCCC2=O)cc1. The van der Waals surface area contributed by atoms with E-state index >= 15 is 0 Å². The van der Waals surface area contributed by atoms with Gasteiger partial charge in [-0.2, -0.15) is 0 Å². The normalized spacial score (nSPS) is 15.9. The van der Waals surface area contributed by atoms with Gasteiger partial charge in [0.1, 0.15) is 0 Å². The molecule has 1 saturated heterocycles. The second-order valence-electron chi connectivity index (χ2n) is 5.75. The molecule has 1 heterocycles. The monoisotopic (exact) mass is 353 g/mol. The first-order valence-electron chi connectivity index (χ1n) is 7.99. The molecule has 1 aliphatic rings. The fourth-order valence-corrected chi connectivity index (χ4v) is 3.27. The highest BCUT2D eigenvalue weighted by Gasteiger charge is 2.19. The second-order valence-corrected chi connectivity index (χ2v) is 7.64. The lowest BCUT2D eigenvalue weighted by atomic mass is 10.2. The van der Waals surface area contributed by atoms with Gasteiger partial charge in [0.15, 0.2) is 0 Å². The van der Waals surface area contributed by atoms with Gasteiger partial charge in [-0.3, -0.25) is 9.59 Å². The number of nitrogens with zero attached hydrogens (tertiary/aromatic N) is 1. The third kappa shape index (κ3) is 5.04. The Morgan fingerprint density at radius 1 is 1.17 bits per heavy atom. The zero-order valence-electron chi connectivity index (χ0n) is 13.7. The summed E-state index contributed by atoms with van der Waals surface area (Å²) in [6, 6.07) is 6.29. The highest BCUT2D eigenvalue weighted by Crippen LogP contribution is 2.11. The van der Waals surface area contributed by atoms with Crippen LogP contribution in [0.2, 0.25) is 0 Å². The van der Waals surface area contributed by atoms with Gasteiger partial charge < -0.3 is 10.2 Å². The van der Waals surface area contributed by atoms with E-state index in [4.69, 9.17) is 0 Å². The lowest BCUT2D eigenvalue weighted by Gasteiger charge is -2.19. The van der Waals surface area contributed by atoms with Crippen molar-refractivity contribution in [2.75, 3.05) is 20.1 Å². The number of hydrogen-bond donors (Lipinski definition) is 2. The topological polar surface area (TPSA) is 95.6 Å². The molecule has 0 aromatic heterocycles. The zero-order valence-corrected chi connectivity index (χ0v) is 14.6. The number of carbonyl (C=O) groups excluding carboxylic acids is 2. The van der Waals surface area contributed by atoms with Gasteiger partial charge in [0, 0.05) is 19.5 Å². The summed E-state index contributed by atoms with van der Waals surface area (Å²) in [5, 5.41) is 2.76. The van der Waals surface area contributed by atoms with E-state index in [0.717, 1.165) is 24.8 Å². The van der Waals surface area contributed by atoms with Gasteiger partial charge in [0.05, 0.1) is 11.4 Å². The number of sulfonamides is 1. The van der Waals surface area contributed by atoms with Crippen molar-refractivity contribution in [1.29, 1.82) is 0 Å². The van der Waals surface area contributed by atoms with Crippen LogP contribution in [0.25, 0.3) is 0 Å². The van der Waals surface area contributed by atoms with Crippen LogP contribution in [0.15, 0.2) is 29.2 Å². The minimum Gasteiger partial charge on any atom is -0.350 e. The summed E-state index contributed by atoms with van der Waals surface area (Å²) in [5.41, 5.74) is 0.792. The van der Waals surface area contributed by atoms with Crippen LogP contribution in [0.4, 0.5) is 0 Å². The smallest absolute Gasteiger partial charge is 0.240 e. The molecule has 24 heavy (non-hydrogen) atoms. The highest BCUT2D eigenvalue weighted by atomic mass is 32.2. The minimum absolute atomic E-state index is 0.0317. The quantitative estimate of drug-likeness (QED) is 0.783. The molecule has 0 spiro atoms. The Morgan fingerprint density at radius 3 is 2.54 bits per heavy atom. The van der Waals surface area contributed by atoms with Crippen LogP contribution in [-0.2, 0) is 26.2 Å². The van der Waals surface area contributed by atoms with Crippen molar-refractivity contribution in [3.8, 4) is 0 Å². The largest absolute Gasteiger partial charge is 0.350 e. The molecule has 2 amide bonds. The molecule has 0 unspecified atom stereocenters. The number of carbonyl (C=O) groups is 2. The van der Waals surface area contributed by atoms with Crippen molar-refractivity contribution >= 4 is 21.8 Å². The lowest BCUT2D eigenvalue weighted by Crippen LogP contribution is -2.40. The molecule has 132 valence electrons. The fraction of sp³-hybridized carbons (Fsp3) is 0.500. The van der Waals surface area contributed by atoms with E-state index in [-0.39, 0.29) is 23.3 Å². The van der Waals surface area contributed by atoms with Gasteiger partial charge in [0.2, 0.25) is 21.8 Å². The molecule has 7 nitrogen and oxygen atoms in total. The Morgan fingerprint density at radius 2 is 1.88 bits per heavy atom. The van der Waals surface area contributed by atoms with Crippen molar-refractivity contribution in [3.05, 3.63) is 29.8 Å². The maximum atomic E-state index is 12.0. The number of nitrogens with one attached hydrogen (secondary N) is 2. The van der Waals surface area contributed by atoms with Crippen LogP contribution in [0, 0.1) is 0 Å². The van der Waals surface area contributed by atoms with E-state index in [2.05, 4.69) is 10.0 Å². The van der Waals surface area contributed by atoms with Crippen molar-refractivity contribution in [3.63, 3.8) is 0 Å². The van der Waals surface area contributed by atoms with Crippen LogP contribution in [0.1, 0.15) is 31.2 Å². The summed E-state index contributed by atoms with van der Waals surface area (Å²) in [6.45, 7) is 0.995. The average Bonchev–Trinajstić information content (AvgIpc) is 2.78. The van der Waals surface area contributed by atoms with Crippen molar-refractivity contribution < 1.29 is 18.0 Å². The summed E-state index contributed by atoms with van der Waals surface area (Å²) in [6.07, 6.45) is 3.35. The summed E-state index contributed by atoms with van der Waals surface area (Å²) in [7, 11) is -2.10. The van der Waals surface area contributed by atoms with Gasteiger partial charge in [-0.15, -0.1) is 0 Å². The van der Waals surface area contributed by atoms with Gasteiger partial charge in [-0.25, -0.2) is 13.1 Å². The third-order valence-electron chi connectivity index (χ3n) is 4.00. The van der Waals surface area contributed by atoms with Crippen molar-refractivity contribution in [1.82, 2.24) is 14.9 Å². The van der Waals surface area contributed by atoms with Crippen LogP contribution in [0.5, 0.6) is 0 Å². The van der Waals surface area contributed by atoms with E-state index in [9.17, 15) is 18.0 Å². The van der Waals surface area contributed by atoms with Crippen LogP contribution in [0.3, 0.4) is 0 Å². The highest BCUT2D eigenvalue weighted by molar-refractivity contribution is 7.89. The first-order chi connectivity index (χ1) is 11.4. The van der Waals surface area contributed by atoms with Crippen molar-refractivity contribution in [2.45, 2.75) is 37.1 Å². The molecule has 1 aliphatic heterocycles. The van der Waals surface area contributed by atoms with Gasteiger partial charge >= 0.3 is 0 Å². The van der Waals surface area contributed by atoms with Gasteiger partial charge in [0.25, 0.3) is 0 Å². The number of amides is 2. The molecule has 2 N–H and O–H groups in total. The van der Waals surface area contributed by atoms with Crippen LogP contribution < -0.4 is 10.0 Å². The average molecular weight is 353 g/mol. The lowest BCUT2D eigenvalue weighted by molar-refractivity contribution is -0.135. The van der Waals surface area contributed by atoms with Crippen molar-refractivity contribution in [2.24, 2.45) is 0 Å². The van der Waals surface area contributed by atoms with Crippen LogP contribution in [-0.4, -0.2) is 45.3 Å². The molecule has 8 heteroatoms. The van der Waals surface area contributed by atoms with Gasteiger partial charge in [-0.05, 0) is 37.6 Å². The fourth-order valence-electron chi connectivity index (χ4n) is 2.54. The minimum atomic E-state index is -3.46. The Balaban J connectivity index is 1.86. The Labute approximate surface area is 142 Å². The Bertz CT molecular complexity index is 686. The predicted molar refractivity (Wildman–Crippen MR) is 89.6 cm³/mol. The molecule has 0 radical (unpaired) electrons. The van der Waals surface area contributed by atoms with E-state index < -0.39 is 10.0 Å². The molecule has 0 bridgehead atoms. The molecule has 1 fully saturated rings. The molecule has 0 aliphatic carbocycles. The number of hydrogen-bond acceptors (Lipinski definition) is 4. The first-order valence-corrected chi connectivity index (χ1v) is 9.47. The zero-order chi connectivity index (χ0) is 17.6. The predicted octanol–water partition coefficient (Wildman–Crippen LogP) is 0.613. The molecular weight excluding hydrogens is 330 g/mol. The van der Waals surface area contributed by atoms with Gasteiger partial charge in [-0.1, -0.05) is 18.6 Å². The van der Waals surface area contributed by atoms with E-state index in [1.54, 1.807) is 17.0 Å². The Hall–Kier alpha value is -1.93. The van der Waals surface area contributed by atoms with E-state index in [0.29, 0.717) is 19.5 Å². The van der Waals surface area contributed by atoms with E-state index in [1.165, 1.54) is 19.2 Å². The standard InChI is InChI=1S/C16H23N3O4S/c1-17-24(22,23)14-8-6-13(7-9-14)11-18-15(20)12-19-10-4-2-3-5-16(19)21/h6-9,17H,2-5,10-12H2,1H3,(H,18,20). The third-order valence-corrected chi connectivity index (χ3v) is 5.43. The maximum absolute atomic E-state index is 12.0. The number of rotatable bonds is 6. The summed E-state index contributed by atoms with van der Waals surface area (Å²) < 4.78 is 25.5. The molecule has 0 saturated carbocycles. The number of likely N-dealkylation sites (tertiary alicyclic amines) is 1. The molecule has 0 atom stereocenters. The molecule has 2 rings (SSSR count).